The Balaban J connectivity index is 1.40. The molecule has 3 N–H and O–H groups in total. The first-order valence-electron chi connectivity index (χ1n) is 11.3. The first kappa shape index (κ1) is 21.7. The largest absolute Gasteiger partial charge is 0.494 e. The number of ether oxygens (including phenoxy) is 2. The van der Waals surface area contributed by atoms with Gasteiger partial charge >= 0.3 is 0 Å². The zero-order valence-electron chi connectivity index (χ0n) is 18.9. The van der Waals surface area contributed by atoms with Crippen molar-refractivity contribution in [3.05, 3.63) is 41.6 Å². The molecule has 0 saturated carbocycles. The average molecular weight is 452 g/mol. The van der Waals surface area contributed by atoms with E-state index in [1.165, 1.54) is 0 Å². The molecule has 0 spiro atoms. The quantitative estimate of drug-likeness (QED) is 0.546. The molecule has 2 fully saturated rings. The third kappa shape index (κ3) is 4.38. The zero-order valence-corrected chi connectivity index (χ0v) is 18.9. The van der Waals surface area contributed by atoms with Crippen molar-refractivity contribution in [3.63, 3.8) is 0 Å². The summed E-state index contributed by atoms with van der Waals surface area (Å²) < 4.78 is 11.0. The van der Waals surface area contributed by atoms with Crippen molar-refractivity contribution in [1.29, 1.82) is 0 Å². The molecule has 0 bridgehead atoms. The van der Waals surface area contributed by atoms with Gasteiger partial charge in [0.15, 0.2) is 0 Å². The Morgan fingerprint density at radius 2 is 2.15 bits per heavy atom. The zero-order chi connectivity index (χ0) is 23.0. The Hall–Kier alpha value is -3.17. The summed E-state index contributed by atoms with van der Waals surface area (Å²) >= 11 is 0. The summed E-state index contributed by atoms with van der Waals surface area (Å²) in [6, 6.07) is 7.41. The molecule has 1 aromatic carbocycles. The van der Waals surface area contributed by atoms with Crippen LogP contribution in [0.15, 0.2) is 30.5 Å². The standard InChI is InChI=1S/C24H29N5O4/c1-24(31)8-10-29(14-24)19-13-16(5-9-25-19)22(30)28-23-26-20-17(15-6-11-33-12-7-15)3-4-18(32-2)21(20)27-23/h3-5,9,13,15,31H,6-8,10-12,14H2,1-2H3,(H2,26,27,28,30). The second-order valence-electron chi connectivity index (χ2n) is 9.08. The lowest BCUT2D eigenvalue weighted by Gasteiger charge is -2.23. The molecular formula is C24H29N5O4. The van der Waals surface area contributed by atoms with Crippen molar-refractivity contribution < 1.29 is 19.4 Å². The second-order valence-corrected chi connectivity index (χ2v) is 9.08. The number of anilines is 2. The highest BCUT2D eigenvalue weighted by Crippen LogP contribution is 2.36. The van der Waals surface area contributed by atoms with Gasteiger partial charge in [0.25, 0.3) is 5.91 Å². The number of nitrogens with one attached hydrogen (secondary N) is 2. The van der Waals surface area contributed by atoms with Crippen molar-refractivity contribution in [2.75, 3.05) is 43.6 Å². The van der Waals surface area contributed by atoms with Gasteiger partial charge in [0, 0.05) is 38.1 Å². The number of pyridine rings is 1. The average Bonchev–Trinajstić information content (AvgIpc) is 3.41. The van der Waals surface area contributed by atoms with E-state index in [0.29, 0.717) is 54.0 Å². The molecular weight excluding hydrogens is 422 g/mol. The van der Waals surface area contributed by atoms with Gasteiger partial charge in [0.1, 0.15) is 17.1 Å². The third-order valence-corrected chi connectivity index (χ3v) is 6.54. The predicted molar refractivity (Wildman–Crippen MR) is 125 cm³/mol. The van der Waals surface area contributed by atoms with Crippen LogP contribution in [-0.4, -0.2) is 65.0 Å². The van der Waals surface area contributed by atoms with Crippen LogP contribution in [-0.2, 0) is 4.74 Å². The number of β-amino-alcohol motifs (C(OH)–C–C–N with tert-alkyl or cyclic N) is 1. The number of benzene rings is 1. The van der Waals surface area contributed by atoms with Crippen LogP contribution in [0.4, 0.5) is 11.8 Å². The molecule has 2 saturated heterocycles. The van der Waals surface area contributed by atoms with Crippen LogP contribution >= 0.6 is 0 Å². The van der Waals surface area contributed by atoms with E-state index in [2.05, 4.69) is 26.3 Å². The normalized spacial score (nSPS) is 21.5. The van der Waals surface area contributed by atoms with Gasteiger partial charge in [-0.2, -0.15) is 0 Å². The Labute approximate surface area is 192 Å². The summed E-state index contributed by atoms with van der Waals surface area (Å²) in [4.78, 5) is 27.3. The smallest absolute Gasteiger partial charge is 0.258 e. The number of imidazole rings is 1. The minimum atomic E-state index is -0.741. The van der Waals surface area contributed by atoms with E-state index >= 15 is 0 Å². The van der Waals surface area contributed by atoms with E-state index in [1.807, 2.05) is 17.9 Å². The monoisotopic (exact) mass is 451 g/mol. The van der Waals surface area contributed by atoms with Gasteiger partial charge in [-0.1, -0.05) is 6.07 Å². The van der Waals surface area contributed by atoms with Crippen LogP contribution in [0.3, 0.4) is 0 Å². The van der Waals surface area contributed by atoms with Gasteiger partial charge in [-0.15, -0.1) is 0 Å². The van der Waals surface area contributed by atoms with Crippen molar-refractivity contribution in [2.24, 2.45) is 0 Å². The van der Waals surface area contributed by atoms with Crippen LogP contribution in [0.1, 0.15) is 48.0 Å². The maximum atomic E-state index is 13.0. The fraction of sp³-hybridized carbons (Fsp3) is 0.458. The van der Waals surface area contributed by atoms with E-state index in [0.717, 1.165) is 37.1 Å². The number of rotatable bonds is 5. The summed E-state index contributed by atoms with van der Waals surface area (Å²) in [6.07, 6.45) is 4.18. The lowest BCUT2D eigenvalue weighted by atomic mass is 9.90. The number of aromatic amines is 1. The number of aliphatic hydroxyl groups is 1. The third-order valence-electron chi connectivity index (χ3n) is 6.54. The number of carbonyl (C=O) groups excluding carboxylic acids is 1. The molecule has 33 heavy (non-hydrogen) atoms. The molecule has 9 nitrogen and oxygen atoms in total. The fourth-order valence-electron chi connectivity index (χ4n) is 4.71. The van der Waals surface area contributed by atoms with Crippen LogP contribution in [0, 0.1) is 0 Å². The Morgan fingerprint density at radius 3 is 2.88 bits per heavy atom. The van der Waals surface area contributed by atoms with Crippen LogP contribution < -0.4 is 15.0 Å². The molecule has 0 radical (unpaired) electrons. The summed E-state index contributed by atoms with van der Waals surface area (Å²) in [5.41, 5.74) is 2.48. The number of hydrogen-bond acceptors (Lipinski definition) is 7. The van der Waals surface area contributed by atoms with Crippen molar-refractivity contribution in [2.45, 2.75) is 37.7 Å². The highest BCUT2D eigenvalue weighted by Gasteiger charge is 2.32. The molecule has 3 aromatic rings. The molecule has 2 aromatic heterocycles. The first-order chi connectivity index (χ1) is 15.9. The van der Waals surface area contributed by atoms with Gasteiger partial charge in [-0.05, 0) is 55.9 Å². The SMILES string of the molecule is COc1ccc(C2CCOCC2)c2[nH]c(NC(=O)c3ccnc(N4CCC(C)(O)C4)c3)nc12. The number of carbonyl (C=O) groups is 1. The van der Waals surface area contributed by atoms with E-state index in [-0.39, 0.29) is 5.91 Å². The summed E-state index contributed by atoms with van der Waals surface area (Å²) in [7, 11) is 1.62. The molecule has 9 heteroatoms. The number of methoxy groups -OCH3 is 1. The number of H-pyrrole nitrogens is 1. The molecule has 2 aliphatic rings. The fourth-order valence-corrected chi connectivity index (χ4v) is 4.71. The summed E-state index contributed by atoms with van der Waals surface area (Å²) in [5.74, 6) is 1.79. The number of hydrogen-bond donors (Lipinski definition) is 3. The van der Waals surface area contributed by atoms with Crippen LogP contribution in [0.2, 0.25) is 0 Å². The maximum absolute atomic E-state index is 13.0. The summed E-state index contributed by atoms with van der Waals surface area (Å²) in [6.45, 7) is 4.49. The van der Waals surface area contributed by atoms with E-state index < -0.39 is 5.60 Å². The van der Waals surface area contributed by atoms with Crippen LogP contribution in [0.25, 0.3) is 11.0 Å². The van der Waals surface area contributed by atoms with E-state index in [9.17, 15) is 9.90 Å². The highest BCUT2D eigenvalue weighted by atomic mass is 16.5. The van der Waals surface area contributed by atoms with Gasteiger partial charge in [-0.3, -0.25) is 10.1 Å². The topological polar surface area (TPSA) is 113 Å². The van der Waals surface area contributed by atoms with Gasteiger partial charge in [0.2, 0.25) is 5.95 Å². The van der Waals surface area contributed by atoms with Gasteiger partial charge < -0.3 is 24.5 Å². The highest BCUT2D eigenvalue weighted by molar-refractivity contribution is 6.04. The van der Waals surface area contributed by atoms with E-state index in [1.54, 1.807) is 25.4 Å². The second kappa shape index (κ2) is 8.64. The molecule has 0 aliphatic carbocycles. The summed E-state index contributed by atoms with van der Waals surface area (Å²) in [5, 5.41) is 13.1. The first-order valence-corrected chi connectivity index (χ1v) is 11.3. The lowest BCUT2D eigenvalue weighted by molar-refractivity contribution is 0.0838. The minimum Gasteiger partial charge on any atom is -0.494 e. The Bertz CT molecular complexity index is 1170. The molecule has 1 atom stereocenters. The van der Waals surface area contributed by atoms with E-state index in [4.69, 9.17) is 9.47 Å². The Morgan fingerprint density at radius 1 is 1.33 bits per heavy atom. The number of amides is 1. The molecule has 1 amide bonds. The minimum absolute atomic E-state index is 0.282. The lowest BCUT2D eigenvalue weighted by Crippen LogP contribution is -2.30. The molecule has 2 aliphatic heterocycles. The predicted octanol–water partition coefficient (Wildman–Crippen LogP) is 3.07. The van der Waals surface area contributed by atoms with Crippen molar-refractivity contribution in [1.82, 2.24) is 15.0 Å². The number of nitrogens with zero attached hydrogens (tertiary/aromatic N) is 3. The molecule has 174 valence electrons. The number of aromatic nitrogens is 3. The van der Waals surface area contributed by atoms with Crippen LogP contribution in [0.5, 0.6) is 5.75 Å². The molecule has 1 unspecified atom stereocenters. The van der Waals surface area contributed by atoms with Crippen molar-refractivity contribution >= 4 is 28.7 Å². The molecule has 4 heterocycles. The molecule has 5 rings (SSSR count). The number of fused-ring (bicyclic) bond motifs is 1. The van der Waals surface area contributed by atoms with Gasteiger partial charge in [0.05, 0.1) is 18.2 Å². The maximum Gasteiger partial charge on any atom is 0.258 e. The van der Waals surface area contributed by atoms with Gasteiger partial charge in [-0.25, -0.2) is 9.97 Å². The van der Waals surface area contributed by atoms with Crippen molar-refractivity contribution in [3.8, 4) is 5.75 Å². The Kier molecular flexibility index (Phi) is 5.67.